The molecule has 0 atom stereocenters. The van der Waals surface area contributed by atoms with Crippen LogP contribution in [0.1, 0.15) is 5.56 Å². The zero-order chi connectivity index (χ0) is 17.9. The van der Waals surface area contributed by atoms with Crippen molar-refractivity contribution in [3.05, 3.63) is 58.5 Å². The Kier molecular flexibility index (Phi) is 4.53. The molecule has 0 bridgehead atoms. The van der Waals surface area contributed by atoms with Crippen molar-refractivity contribution >= 4 is 27.5 Å². The van der Waals surface area contributed by atoms with Crippen molar-refractivity contribution in [3.63, 3.8) is 0 Å². The van der Waals surface area contributed by atoms with E-state index in [0.717, 1.165) is 10.7 Å². The van der Waals surface area contributed by atoms with Crippen molar-refractivity contribution in [2.75, 3.05) is 31.1 Å². The van der Waals surface area contributed by atoms with Crippen molar-refractivity contribution in [2.24, 2.45) is 0 Å². The minimum atomic E-state index is -0.310. The van der Waals surface area contributed by atoms with Crippen LogP contribution in [0.5, 0.6) is 0 Å². The number of carbonyl (C=O) groups excluding carboxylic acids is 1. The fourth-order valence-electron chi connectivity index (χ4n) is 2.75. The quantitative estimate of drug-likeness (QED) is 0.696. The first-order valence-electron chi connectivity index (χ1n) is 8.26. The number of benzene rings is 1. The molecule has 0 spiro atoms. The number of aromatic nitrogens is 3. The van der Waals surface area contributed by atoms with Crippen LogP contribution in [0.25, 0.3) is 4.96 Å². The van der Waals surface area contributed by atoms with Gasteiger partial charge in [-0.2, -0.15) is 4.52 Å². The third-order valence-corrected chi connectivity index (χ3v) is 5.16. The molecule has 0 unspecified atom stereocenters. The van der Waals surface area contributed by atoms with Gasteiger partial charge in [0, 0.05) is 38.4 Å². The smallest absolute Gasteiger partial charge is 0.410 e. The summed E-state index contributed by atoms with van der Waals surface area (Å²) < 4.78 is 6.68. The molecule has 1 amide bonds. The Labute approximate surface area is 153 Å². The van der Waals surface area contributed by atoms with Crippen LogP contribution in [0.3, 0.4) is 0 Å². The maximum absolute atomic E-state index is 12.2. The summed E-state index contributed by atoms with van der Waals surface area (Å²) in [5.74, 6) is 0. The van der Waals surface area contributed by atoms with E-state index in [9.17, 15) is 9.59 Å². The van der Waals surface area contributed by atoms with Gasteiger partial charge >= 0.3 is 6.09 Å². The van der Waals surface area contributed by atoms with Crippen LogP contribution in [-0.2, 0) is 11.3 Å². The van der Waals surface area contributed by atoms with Crippen molar-refractivity contribution in [3.8, 4) is 0 Å². The van der Waals surface area contributed by atoms with Crippen molar-refractivity contribution in [1.29, 1.82) is 0 Å². The minimum absolute atomic E-state index is 0.194. The van der Waals surface area contributed by atoms with Crippen molar-refractivity contribution in [1.82, 2.24) is 19.5 Å². The van der Waals surface area contributed by atoms with E-state index in [4.69, 9.17) is 4.74 Å². The molecule has 1 aliphatic rings. The Morgan fingerprint density at radius 1 is 1.12 bits per heavy atom. The van der Waals surface area contributed by atoms with Crippen LogP contribution >= 0.6 is 11.3 Å². The Morgan fingerprint density at radius 2 is 1.88 bits per heavy atom. The van der Waals surface area contributed by atoms with E-state index < -0.39 is 0 Å². The first-order chi connectivity index (χ1) is 12.7. The van der Waals surface area contributed by atoms with Crippen molar-refractivity contribution in [2.45, 2.75) is 6.61 Å². The first-order valence-corrected chi connectivity index (χ1v) is 9.08. The number of carbonyl (C=O) groups is 1. The molecule has 1 aliphatic heterocycles. The molecular weight excluding hydrogens is 354 g/mol. The fraction of sp³-hybridized carbons (Fsp3) is 0.294. The molecule has 3 heterocycles. The van der Waals surface area contributed by atoms with Gasteiger partial charge in [0.25, 0.3) is 5.56 Å². The van der Waals surface area contributed by atoms with Crippen molar-refractivity contribution < 1.29 is 9.53 Å². The topological polar surface area (TPSA) is 80.0 Å². The Balaban J connectivity index is 1.35. The number of nitrogens with zero attached hydrogens (tertiary/aromatic N) is 5. The Bertz CT molecular complexity index is 963. The van der Waals surface area contributed by atoms with Crippen LogP contribution in [0, 0.1) is 0 Å². The fourth-order valence-corrected chi connectivity index (χ4v) is 3.68. The monoisotopic (exact) mass is 371 g/mol. The summed E-state index contributed by atoms with van der Waals surface area (Å²) in [7, 11) is 0. The van der Waals surface area contributed by atoms with Gasteiger partial charge < -0.3 is 14.5 Å². The van der Waals surface area contributed by atoms with E-state index in [0.29, 0.717) is 31.1 Å². The highest BCUT2D eigenvalue weighted by molar-refractivity contribution is 7.20. The first kappa shape index (κ1) is 16.5. The third-order valence-electron chi connectivity index (χ3n) is 4.17. The average molecular weight is 371 g/mol. The highest BCUT2D eigenvalue weighted by Crippen LogP contribution is 2.22. The molecule has 4 rings (SSSR count). The van der Waals surface area contributed by atoms with Gasteiger partial charge in [-0.25, -0.2) is 9.78 Å². The van der Waals surface area contributed by atoms with Gasteiger partial charge in [0.1, 0.15) is 6.61 Å². The number of rotatable bonds is 3. The maximum Gasteiger partial charge on any atom is 0.410 e. The molecule has 0 N–H and O–H groups in total. The van der Waals surface area contributed by atoms with E-state index >= 15 is 0 Å². The second kappa shape index (κ2) is 7.12. The van der Waals surface area contributed by atoms with E-state index in [1.54, 1.807) is 4.90 Å². The van der Waals surface area contributed by atoms with Gasteiger partial charge in [-0.05, 0) is 5.56 Å². The highest BCUT2D eigenvalue weighted by atomic mass is 32.1. The summed E-state index contributed by atoms with van der Waals surface area (Å²) in [5.41, 5.74) is 0.771. The second-order valence-electron chi connectivity index (χ2n) is 5.88. The zero-order valence-electron chi connectivity index (χ0n) is 13.9. The normalized spacial score (nSPS) is 14.6. The van der Waals surface area contributed by atoms with E-state index in [1.807, 2.05) is 30.3 Å². The lowest BCUT2D eigenvalue weighted by Crippen LogP contribution is -2.49. The second-order valence-corrected chi connectivity index (χ2v) is 6.81. The number of anilines is 1. The standard InChI is InChI=1S/C17H17N5O3S/c23-14-6-7-18-15-22(14)19-16(26-15)20-8-10-21(11-9-20)17(24)25-12-13-4-2-1-3-5-13/h1-7H,8-12H2. The number of hydrogen-bond acceptors (Lipinski definition) is 7. The van der Waals surface area contributed by atoms with E-state index in [1.165, 1.54) is 28.1 Å². The molecule has 2 aromatic heterocycles. The largest absolute Gasteiger partial charge is 0.445 e. The molecule has 0 aliphatic carbocycles. The van der Waals surface area contributed by atoms with Gasteiger partial charge in [-0.1, -0.05) is 41.7 Å². The van der Waals surface area contributed by atoms with Gasteiger partial charge in [0.2, 0.25) is 10.1 Å². The highest BCUT2D eigenvalue weighted by Gasteiger charge is 2.24. The number of piperazine rings is 1. The summed E-state index contributed by atoms with van der Waals surface area (Å²) in [6, 6.07) is 11.0. The summed E-state index contributed by atoms with van der Waals surface area (Å²) in [5, 5.41) is 5.07. The predicted molar refractivity (Wildman–Crippen MR) is 97.5 cm³/mol. The van der Waals surface area contributed by atoms with E-state index in [2.05, 4.69) is 15.0 Å². The number of ether oxygens (including phenoxy) is 1. The molecule has 3 aromatic rings. The third kappa shape index (κ3) is 3.38. The minimum Gasteiger partial charge on any atom is -0.445 e. The lowest BCUT2D eigenvalue weighted by molar-refractivity contribution is 0.0942. The summed E-state index contributed by atoms with van der Waals surface area (Å²) in [4.78, 5) is 32.5. The van der Waals surface area contributed by atoms with Crippen LogP contribution < -0.4 is 10.5 Å². The number of hydrogen-bond donors (Lipinski definition) is 0. The van der Waals surface area contributed by atoms with Gasteiger partial charge in [0.05, 0.1) is 0 Å². The zero-order valence-corrected chi connectivity index (χ0v) is 14.8. The lowest BCUT2D eigenvalue weighted by Gasteiger charge is -2.33. The summed E-state index contributed by atoms with van der Waals surface area (Å²) in [6.07, 6.45) is 1.18. The number of fused-ring (bicyclic) bond motifs is 1. The average Bonchev–Trinajstić information content (AvgIpc) is 3.13. The van der Waals surface area contributed by atoms with Crippen LogP contribution in [0.15, 0.2) is 47.4 Å². The van der Waals surface area contributed by atoms with Gasteiger partial charge in [0.15, 0.2) is 0 Å². The molecule has 1 aromatic carbocycles. The predicted octanol–water partition coefficient (Wildman–Crippen LogP) is 1.61. The molecule has 0 saturated carbocycles. The Morgan fingerprint density at radius 3 is 2.62 bits per heavy atom. The molecule has 134 valence electrons. The van der Waals surface area contributed by atoms with Crippen LogP contribution in [-0.4, -0.2) is 51.8 Å². The number of amides is 1. The molecular formula is C17H17N5O3S. The molecule has 0 radical (unpaired) electrons. The molecule has 8 nitrogen and oxygen atoms in total. The van der Waals surface area contributed by atoms with E-state index in [-0.39, 0.29) is 18.3 Å². The molecule has 1 fully saturated rings. The van der Waals surface area contributed by atoms with Crippen LogP contribution in [0.2, 0.25) is 0 Å². The molecule has 1 saturated heterocycles. The lowest BCUT2D eigenvalue weighted by atomic mass is 10.2. The maximum atomic E-state index is 12.2. The van der Waals surface area contributed by atoms with Gasteiger partial charge in [-0.15, -0.1) is 5.10 Å². The van der Waals surface area contributed by atoms with Crippen LogP contribution in [0.4, 0.5) is 9.93 Å². The summed E-state index contributed by atoms with van der Waals surface area (Å²) >= 11 is 1.37. The molecule has 26 heavy (non-hydrogen) atoms. The summed E-state index contributed by atoms with van der Waals surface area (Å²) in [6.45, 7) is 2.63. The SMILES string of the molecule is O=C(OCc1ccccc1)N1CCN(c2nn3c(=O)ccnc3s2)CC1. The van der Waals surface area contributed by atoms with Gasteiger partial charge in [-0.3, -0.25) is 4.79 Å². The Hall–Kier alpha value is -2.94. The molecule has 9 heteroatoms.